The monoisotopic (exact) mass is 384 g/mol. The average Bonchev–Trinajstić information content (AvgIpc) is 2.68. The molecule has 3 aromatic carbocycles. The summed E-state index contributed by atoms with van der Waals surface area (Å²) in [6.07, 6.45) is 0. The zero-order valence-corrected chi connectivity index (χ0v) is 15.8. The molecule has 0 spiro atoms. The van der Waals surface area contributed by atoms with Gasteiger partial charge in [-0.05, 0) is 42.6 Å². The molecule has 0 fully saturated rings. The maximum atomic E-state index is 12.5. The minimum atomic E-state index is -3.83. The minimum absolute atomic E-state index is 0.0631. The van der Waals surface area contributed by atoms with Crippen molar-refractivity contribution in [3.05, 3.63) is 66.7 Å². The SMILES string of the molecule is COc1ccc(S(=O)(=O)N[C@@H](C)C(=O)Nc2cccc3ccccc23)cc1. The minimum Gasteiger partial charge on any atom is -0.497 e. The van der Waals surface area contributed by atoms with Crippen LogP contribution >= 0.6 is 0 Å². The lowest BCUT2D eigenvalue weighted by Crippen LogP contribution is -2.41. The van der Waals surface area contributed by atoms with Gasteiger partial charge in [0.2, 0.25) is 15.9 Å². The first-order valence-corrected chi connectivity index (χ1v) is 9.84. The van der Waals surface area contributed by atoms with Gasteiger partial charge in [0.15, 0.2) is 0 Å². The van der Waals surface area contributed by atoms with Crippen molar-refractivity contribution in [3.63, 3.8) is 0 Å². The number of amides is 1. The second-order valence-corrected chi connectivity index (χ2v) is 7.75. The molecule has 0 aliphatic rings. The molecule has 0 heterocycles. The topological polar surface area (TPSA) is 84.5 Å². The molecule has 27 heavy (non-hydrogen) atoms. The van der Waals surface area contributed by atoms with E-state index in [-0.39, 0.29) is 4.90 Å². The highest BCUT2D eigenvalue weighted by atomic mass is 32.2. The van der Waals surface area contributed by atoms with Crippen molar-refractivity contribution < 1.29 is 17.9 Å². The van der Waals surface area contributed by atoms with Crippen LogP contribution in [0.5, 0.6) is 5.75 Å². The van der Waals surface area contributed by atoms with Crippen molar-refractivity contribution in [3.8, 4) is 5.75 Å². The van der Waals surface area contributed by atoms with E-state index in [0.29, 0.717) is 11.4 Å². The smallest absolute Gasteiger partial charge is 0.242 e. The molecule has 0 aliphatic heterocycles. The third kappa shape index (κ3) is 4.27. The summed E-state index contributed by atoms with van der Waals surface area (Å²) in [6, 6.07) is 18.2. The molecular formula is C20H20N2O4S. The number of methoxy groups -OCH3 is 1. The lowest BCUT2D eigenvalue weighted by Gasteiger charge is -2.15. The van der Waals surface area contributed by atoms with Gasteiger partial charge in [-0.15, -0.1) is 0 Å². The Labute approximate surface area is 158 Å². The van der Waals surface area contributed by atoms with E-state index >= 15 is 0 Å². The number of ether oxygens (including phenoxy) is 1. The van der Waals surface area contributed by atoms with Crippen molar-refractivity contribution in [1.29, 1.82) is 0 Å². The second-order valence-electron chi connectivity index (χ2n) is 6.03. The predicted octanol–water partition coefficient (Wildman–Crippen LogP) is 3.15. The summed E-state index contributed by atoms with van der Waals surface area (Å²) in [5.41, 5.74) is 0.633. The van der Waals surface area contributed by atoms with E-state index in [1.165, 1.54) is 26.2 Å². The van der Waals surface area contributed by atoms with Crippen molar-refractivity contribution in [2.45, 2.75) is 17.9 Å². The summed E-state index contributed by atoms with van der Waals surface area (Å²) in [7, 11) is -2.33. The standard InChI is InChI=1S/C20H20N2O4S/c1-14(22-27(24,25)17-12-10-16(26-2)11-13-17)20(23)21-19-9-5-7-15-6-3-4-8-18(15)19/h3-14,22H,1-2H3,(H,21,23)/t14-/m0/s1. The third-order valence-corrected chi connectivity index (χ3v) is 5.70. The van der Waals surface area contributed by atoms with Crippen LogP contribution in [-0.2, 0) is 14.8 Å². The first-order valence-electron chi connectivity index (χ1n) is 8.36. The van der Waals surface area contributed by atoms with Gasteiger partial charge in [-0.2, -0.15) is 4.72 Å². The van der Waals surface area contributed by atoms with Gasteiger partial charge in [0.25, 0.3) is 0 Å². The van der Waals surface area contributed by atoms with Gasteiger partial charge in [-0.25, -0.2) is 8.42 Å². The Morgan fingerprint density at radius 3 is 2.33 bits per heavy atom. The number of hydrogen-bond donors (Lipinski definition) is 2. The van der Waals surface area contributed by atoms with Crippen molar-refractivity contribution in [2.75, 3.05) is 12.4 Å². The van der Waals surface area contributed by atoms with Crippen LogP contribution < -0.4 is 14.8 Å². The normalized spacial score (nSPS) is 12.5. The molecular weight excluding hydrogens is 364 g/mol. The highest BCUT2D eigenvalue weighted by Gasteiger charge is 2.22. The number of carbonyl (C=O) groups excluding carboxylic acids is 1. The molecule has 0 aliphatic carbocycles. The van der Waals surface area contributed by atoms with Crippen LogP contribution in [0.4, 0.5) is 5.69 Å². The van der Waals surface area contributed by atoms with E-state index in [4.69, 9.17) is 4.74 Å². The van der Waals surface area contributed by atoms with Gasteiger partial charge in [0.05, 0.1) is 18.0 Å². The van der Waals surface area contributed by atoms with Gasteiger partial charge in [0.1, 0.15) is 5.75 Å². The lowest BCUT2D eigenvalue weighted by atomic mass is 10.1. The summed E-state index contributed by atoms with van der Waals surface area (Å²) >= 11 is 0. The molecule has 1 atom stereocenters. The van der Waals surface area contributed by atoms with Crippen molar-refractivity contribution in [2.24, 2.45) is 0 Å². The molecule has 0 saturated carbocycles. The van der Waals surface area contributed by atoms with Crippen LogP contribution in [0.25, 0.3) is 10.8 Å². The Morgan fingerprint density at radius 1 is 0.963 bits per heavy atom. The maximum Gasteiger partial charge on any atom is 0.242 e. The Morgan fingerprint density at radius 2 is 1.63 bits per heavy atom. The number of nitrogens with one attached hydrogen (secondary N) is 2. The fourth-order valence-corrected chi connectivity index (χ4v) is 3.89. The van der Waals surface area contributed by atoms with Crippen LogP contribution in [0.3, 0.4) is 0 Å². The Hall–Kier alpha value is -2.90. The Balaban J connectivity index is 1.74. The van der Waals surface area contributed by atoms with E-state index in [2.05, 4.69) is 10.0 Å². The molecule has 140 valence electrons. The number of hydrogen-bond acceptors (Lipinski definition) is 4. The second kappa shape index (κ2) is 7.77. The Kier molecular flexibility index (Phi) is 5.43. The van der Waals surface area contributed by atoms with Gasteiger partial charge < -0.3 is 10.1 Å². The van der Waals surface area contributed by atoms with Gasteiger partial charge in [-0.1, -0.05) is 36.4 Å². The number of carbonyl (C=O) groups is 1. The third-order valence-electron chi connectivity index (χ3n) is 4.14. The first-order chi connectivity index (χ1) is 12.9. The lowest BCUT2D eigenvalue weighted by molar-refractivity contribution is -0.117. The first kappa shape index (κ1) is 18.9. The highest BCUT2D eigenvalue weighted by molar-refractivity contribution is 7.89. The quantitative estimate of drug-likeness (QED) is 0.684. The number of sulfonamides is 1. The summed E-state index contributed by atoms with van der Waals surface area (Å²) < 4.78 is 32.4. The van der Waals surface area contributed by atoms with E-state index in [1.54, 1.807) is 18.2 Å². The molecule has 2 N–H and O–H groups in total. The fraction of sp³-hybridized carbons (Fsp3) is 0.150. The van der Waals surface area contributed by atoms with Crippen LogP contribution in [0.2, 0.25) is 0 Å². The number of fused-ring (bicyclic) bond motifs is 1. The predicted molar refractivity (Wildman–Crippen MR) is 105 cm³/mol. The number of anilines is 1. The summed E-state index contributed by atoms with van der Waals surface area (Å²) in [5, 5.41) is 4.67. The van der Waals surface area contributed by atoms with Crippen LogP contribution in [-0.4, -0.2) is 27.5 Å². The Bertz CT molecular complexity index is 1060. The van der Waals surface area contributed by atoms with E-state index in [1.807, 2.05) is 36.4 Å². The molecule has 6 nitrogen and oxygen atoms in total. The van der Waals surface area contributed by atoms with Gasteiger partial charge in [0, 0.05) is 11.1 Å². The summed E-state index contributed by atoms with van der Waals surface area (Å²) in [5.74, 6) is 0.110. The van der Waals surface area contributed by atoms with Gasteiger partial charge in [-0.3, -0.25) is 4.79 Å². The van der Waals surface area contributed by atoms with Crippen molar-refractivity contribution >= 4 is 32.4 Å². The number of benzene rings is 3. The van der Waals surface area contributed by atoms with Gasteiger partial charge >= 0.3 is 0 Å². The van der Waals surface area contributed by atoms with Crippen LogP contribution in [0.15, 0.2) is 71.6 Å². The molecule has 0 unspecified atom stereocenters. The molecule has 7 heteroatoms. The summed E-state index contributed by atoms with van der Waals surface area (Å²) in [6.45, 7) is 1.50. The number of rotatable bonds is 6. The molecule has 0 radical (unpaired) electrons. The van der Waals surface area contributed by atoms with E-state index < -0.39 is 22.0 Å². The zero-order chi connectivity index (χ0) is 19.4. The van der Waals surface area contributed by atoms with E-state index in [9.17, 15) is 13.2 Å². The highest BCUT2D eigenvalue weighted by Crippen LogP contribution is 2.23. The summed E-state index contributed by atoms with van der Waals surface area (Å²) in [4.78, 5) is 12.6. The van der Waals surface area contributed by atoms with Crippen LogP contribution in [0.1, 0.15) is 6.92 Å². The fourth-order valence-electron chi connectivity index (χ4n) is 2.68. The molecule has 3 rings (SSSR count). The molecule has 3 aromatic rings. The zero-order valence-electron chi connectivity index (χ0n) is 15.0. The maximum absolute atomic E-state index is 12.5. The molecule has 0 saturated heterocycles. The average molecular weight is 384 g/mol. The molecule has 0 bridgehead atoms. The van der Waals surface area contributed by atoms with Crippen LogP contribution in [0, 0.1) is 0 Å². The van der Waals surface area contributed by atoms with E-state index in [0.717, 1.165) is 10.8 Å². The largest absolute Gasteiger partial charge is 0.497 e. The van der Waals surface area contributed by atoms with Crippen molar-refractivity contribution in [1.82, 2.24) is 4.72 Å². The molecule has 0 aromatic heterocycles. The molecule has 1 amide bonds.